The summed E-state index contributed by atoms with van der Waals surface area (Å²) in [5, 5.41) is 0.546. The fraction of sp³-hybridized carbons (Fsp3) is 0.391. The Morgan fingerprint density at radius 1 is 1.19 bits per heavy atom. The maximum Gasteiger partial charge on any atom is 0.257 e. The maximum atomic E-state index is 14.4. The van der Waals surface area contributed by atoms with Crippen molar-refractivity contribution >= 4 is 29.0 Å². The Balaban J connectivity index is 1.15. The number of anilines is 1. The highest BCUT2D eigenvalue weighted by atomic mass is 35.5. The van der Waals surface area contributed by atoms with Gasteiger partial charge in [-0.3, -0.25) is 9.59 Å². The first-order chi connectivity index (χ1) is 15.4. The van der Waals surface area contributed by atoms with Crippen LogP contribution in [-0.2, 0) is 22.6 Å². The standard InChI is InChI=1S/C23H21ClF2N2O4/c24-20-5-16(27-7-15(25)8-27)2-1-13(20)11-31-18-9-28(10-18)23(30)19-4-14-3-17(29)12-32-22(14)6-21(19)26/h1-2,4-6,15,18H,3,7-12H2. The summed E-state index contributed by atoms with van der Waals surface area (Å²) in [7, 11) is 0. The van der Waals surface area contributed by atoms with E-state index in [0.29, 0.717) is 42.5 Å². The van der Waals surface area contributed by atoms with E-state index in [1.807, 2.05) is 17.0 Å². The van der Waals surface area contributed by atoms with E-state index in [0.717, 1.165) is 11.3 Å². The first-order valence-electron chi connectivity index (χ1n) is 10.4. The second-order valence-corrected chi connectivity index (χ2v) is 8.77. The number of Topliss-reactive ketones (excluding diaryl/α,β-unsaturated/α-hetero) is 1. The van der Waals surface area contributed by atoms with Crippen molar-refractivity contribution in [3.63, 3.8) is 0 Å². The number of alkyl halides is 1. The van der Waals surface area contributed by atoms with Gasteiger partial charge in [-0.1, -0.05) is 17.7 Å². The van der Waals surface area contributed by atoms with E-state index in [1.54, 1.807) is 6.07 Å². The van der Waals surface area contributed by atoms with E-state index in [9.17, 15) is 18.4 Å². The molecule has 0 atom stereocenters. The highest BCUT2D eigenvalue weighted by molar-refractivity contribution is 6.31. The van der Waals surface area contributed by atoms with Gasteiger partial charge in [0, 0.05) is 41.9 Å². The summed E-state index contributed by atoms with van der Waals surface area (Å²) >= 11 is 6.34. The van der Waals surface area contributed by atoms with Gasteiger partial charge in [-0.05, 0) is 23.8 Å². The van der Waals surface area contributed by atoms with Gasteiger partial charge in [0.05, 0.1) is 31.4 Å². The molecule has 0 spiro atoms. The third-order valence-electron chi connectivity index (χ3n) is 6.01. The molecule has 3 aliphatic rings. The van der Waals surface area contributed by atoms with Gasteiger partial charge < -0.3 is 19.3 Å². The van der Waals surface area contributed by atoms with Crippen LogP contribution in [0, 0.1) is 5.82 Å². The Hall–Kier alpha value is -2.71. The van der Waals surface area contributed by atoms with Crippen LogP contribution in [-0.4, -0.2) is 61.7 Å². The fourth-order valence-electron chi connectivity index (χ4n) is 4.03. The molecule has 32 heavy (non-hydrogen) atoms. The summed E-state index contributed by atoms with van der Waals surface area (Å²) in [4.78, 5) is 27.7. The molecule has 2 aromatic carbocycles. The Bertz CT molecular complexity index is 1080. The number of carbonyl (C=O) groups is 2. The number of amides is 1. The van der Waals surface area contributed by atoms with Gasteiger partial charge in [0.2, 0.25) is 0 Å². The van der Waals surface area contributed by atoms with Crippen molar-refractivity contribution in [3.05, 3.63) is 57.9 Å². The molecule has 168 valence electrons. The number of hydrogen-bond donors (Lipinski definition) is 0. The minimum atomic E-state index is -0.785. The predicted molar refractivity (Wildman–Crippen MR) is 114 cm³/mol. The molecular formula is C23H21ClF2N2O4. The van der Waals surface area contributed by atoms with E-state index < -0.39 is 17.9 Å². The van der Waals surface area contributed by atoms with Crippen LogP contribution in [0.2, 0.25) is 5.02 Å². The van der Waals surface area contributed by atoms with E-state index in [-0.39, 0.29) is 37.1 Å². The average molecular weight is 463 g/mol. The molecule has 2 saturated heterocycles. The molecule has 9 heteroatoms. The molecule has 0 bridgehead atoms. The average Bonchev–Trinajstić information content (AvgIpc) is 2.71. The smallest absolute Gasteiger partial charge is 0.257 e. The van der Waals surface area contributed by atoms with Crippen molar-refractivity contribution in [2.45, 2.75) is 25.3 Å². The second kappa shape index (κ2) is 8.33. The van der Waals surface area contributed by atoms with Crippen LogP contribution in [0.4, 0.5) is 14.5 Å². The van der Waals surface area contributed by atoms with Crippen molar-refractivity contribution < 1.29 is 27.8 Å². The summed E-state index contributed by atoms with van der Waals surface area (Å²) in [6.07, 6.45) is -0.831. The van der Waals surface area contributed by atoms with E-state index in [4.69, 9.17) is 21.1 Å². The molecule has 0 radical (unpaired) electrons. The van der Waals surface area contributed by atoms with Gasteiger partial charge in [0.15, 0.2) is 5.78 Å². The lowest BCUT2D eigenvalue weighted by Crippen LogP contribution is -2.54. The maximum absolute atomic E-state index is 14.4. The summed E-state index contributed by atoms with van der Waals surface area (Å²) in [6.45, 7) is 1.65. The number of benzene rings is 2. The quantitative estimate of drug-likeness (QED) is 0.683. The summed E-state index contributed by atoms with van der Waals surface area (Å²) in [5.41, 5.74) is 2.15. The second-order valence-electron chi connectivity index (χ2n) is 8.37. The lowest BCUT2D eigenvalue weighted by molar-refractivity contribution is -0.121. The number of fused-ring (bicyclic) bond motifs is 1. The van der Waals surface area contributed by atoms with E-state index in [1.165, 1.54) is 17.0 Å². The third-order valence-corrected chi connectivity index (χ3v) is 6.36. The van der Waals surface area contributed by atoms with Gasteiger partial charge in [0.1, 0.15) is 24.3 Å². The zero-order valence-electron chi connectivity index (χ0n) is 17.2. The Kier molecular flexibility index (Phi) is 5.51. The molecule has 2 aromatic rings. The van der Waals surface area contributed by atoms with Crippen LogP contribution in [0.3, 0.4) is 0 Å². The molecule has 3 aliphatic heterocycles. The van der Waals surface area contributed by atoms with Crippen LogP contribution in [0.25, 0.3) is 0 Å². The number of hydrogen-bond acceptors (Lipinski definition) is 5. The normalized spacial score (nSPS) is 18.7. The fourth-order valence-corrected chi connectivity index (χ4v) is 4.26. The third kappa shape index (κ3) is 4.04. The topological polar surface area (TPSA) is 59.1 Å². The highest BCUT2D eigenvalue weighted by Gasteiger charge is 2.34. The number of rotatable bonds is 5. The van der Waals surface area contributed by atoms with Crippen LogP contribution < -0.4 is 9.64 Å². The molecular weight excluding hydrogens is 442 g/mol. The molecule has 0 aromatic heterocycles. The van der Waals surface area contributed by atoms with Crippen LogP contribution in [0.15, 0.2) is 30.3 Å². The number of halogens is 3. The van der Waals surface area contributed by atoms with Crippen molar-refractivity contribution in [3.8, 4) is 5.75 Å². The number of ether oxygens (including phenoxy) is 2. The molecule has 3 heterocycles. The lowest BCUT2D eigenvalue weighted by Gasteiger charge is -2.39. The van der Waals surface area contributed by atoms with Crippen LogP contribution in [0.5, 0.6) is 5.75 Å². The van der Waals surface area contributed by atoms with Gasteiger partial charge in [-0.25, -0.2) is 8.78 Å². The Labute approximate surface area is 188 Å². The molecule has 5 rings (SSSR count). The van der Waals surface area contributed by atoms with Crippen LogP contribution in [0.1, 0.15) is 21.5 Å². The SMILES string of the molecule is O=C1COc2cc(F)c(C(=O)N3CC(OCc4ccc(N5CC(F)C5)cc4Cl)C3)cc2C1. The zero-order chi connectivity index (χ0) is 22.4. The molecule has 0 N–H and O–H groups in total. The van der Waals surface area contributed by atoms with Crippen molar-refractivity contribution in [1.82, 2.24) is 4.90 Å². The van der Waals surface area contributed by atoms with Crippen molar-refractivity contribution in [1.29, 1.82) is 0 Å². The Morgan fingerprint density at radius 3 is 2.69 bits per heavy atom. The number of ketones is 1. The van der Waals surface area contributed by atoms with Gasteiger partial charge in [-0.15, -0.1) is 0 Å². The molecule has 0 unspecified atom stereocenters. The van der Waals surface area contributed by atoms with Gasteiger partial charge in [0.25, 0.3) is 5.91 Å². The number of carbonyl (C=O) groups excluding carboxylic acids is 2. The molecule has 2 fully saturated rings. The molecule has 0 aliphatic carbocycles. The minimum Gasteiger partial charge on any atom is -0.485 e. The summed E-state index contributed by atoms with van der Waals surface area (Å²) in [5.74, 6) is -0.903. The summed E-state index contributed by atoms with van der Waals surface area (Å²) in [6, 6.07) is 8.12. The first-order valence-corrected chi connectivity index (χ1v) is 10.8. The lowest BCUT2D eigenvalue weighted by atomic mass is 10.0. The molecule has 6 nitrogen and oxygen atoms in total. The zero-order valence-corrected chi connectivity index (χ0v) is 17.9. The molecule has 1 amide bonds. The van der Waals surface area contributed by atoms with Crippen molar-refractivity contribution in [2.24, 2.45) is 0 Å². The molecule has 0 saturated carbocycles. The number of nitrogens with zero attached hydrogens (tertiary/aromatic N) is 2. The monoisotopic (exact) mass is 462 g/mol. The van der Waals surface area contributed by atoms with E-state index in [2.05, 4.69) is 0 Å². The minimum absolute atomic E-state index is 0.0688. The summed E-state index contributed by atoms with van der Waals surface area (Å²) < 4.78 is 38.5. The highest BCUT2D eigenvalue weighted by Crippen LogP contribution is 2.30. The largest absolute Gasteiger partial charge is 0.485 e. The van der Waals surface area contributed by atoms with E-state index >= 15 is 0 Å². The van der Waals surface area contributed by atoms with Crippen molar-refractivity contribution in [2.75, 3.05) is 37.7 Å². The van der Waals surface area contributed by atoms with Gasteiger partial charge >= 0.3 is 0 Å². The number of likely N-dealkylation sites (tertiary alicyclic amines) is 1. The Morgan fingerprint density at radius 2 is 1.97 bits per heavy atom. The first kappa shape index (κ1) is 21.2. The van der Waals surface area contributed by atoms with Gasteiger partial charge in [-0.2, -0.15) is 0 Å². The predicted octanol–water partition coefficient (Wildman–Crippen LogP) is 3.18. The van der Waals surface area contributed by atoms with Crippen LogP contribution >= 0.6 is 11.6 Å².